The van der Waals surface area contributed by atoms with E-state index in [1.165, 1.54) is 16.7 Å². The molecule has 3 rings (SSSR count). The molecule has 0 saturated heterocycles. The standard InChI is InChI=1S/C20H21N3O2S/c1-13-8-7-9-14(2)18(13)23-19(25)15-10-5-6-11-16(15)21-20(23)26-12-17(24)22(3)4/h5-11H,12H2,1-4H3. The van der Waals surface area contributed by atoms with Crippen LogP contribution in [-0.2, 0) is 4.79 Å². The number of nitrogens with zero attached hydrogens (tertiary/aromatic N) is 3. The highest BCUT2D eigenvalue weighted by Gasteiger charge is 2.17. The van der Waals surface area contributed by atoms with Crippen molar-refractivity contribution in [3.63, 3.8) is 0 Å². The van der Waals surface area contributed by atoms with Crippen molar-refractivity contribution in [3.05, 3.63) is 63.9 Å². The minimum absolute atomic E-state index is 0.0227. The number of thioether (sulfide) groups is 1. The van der Waals surface area contributed by atoms with E-state index in [1.807, 2.05) is 50.2 Å². The van der Waals surface area contributed by atoms with Gasteiger partial charge in [-0.2, -0.15) is 0 Å². The van der Waals surface area contributed by atoms with E-state index in [9.17, 15) is 9.59 Å². The highest BCUT2D eigenvalue weighted by Crippen LogP contribution is 2.25. The quantitative estimate of drug-likeness (QED) is 0.525. The van der Waals surface area contributed by atoms with Gasteiger partial charge in [0.1, 0.15) is 0 Å². The van der Waals surface area contributed by atoms with Gasteiger partial charge < -0.3 is 4.90 Å². The van der Waals surface area contributed by atoms with Crippen LogP contribution in [0.25, 0.3) is 16.6 Å². The summed E-state index contributed by atoms with van der Waals surface area (Å²) < 4.78 is 1.64. The number of hydrogen-bond acceptors (Lipinski definition) is 4. The summed E-state index contributed by atoms with van der Waals surface area (Å²) in [5.74, 6) is 0.202. The monoisotopic (exact) mass is 367 g/mol. The number of carbonyl (C=O) groups is 1. The molecule has 1 amide bonds. The number of hydrogen-bond donors (Lipinski definition) is 0. The largest absolute Gasteiger partial charge is 0.348 e. The van der Waals surface area contributed by atoms with E-state index in [1.54, 1.807) is 24.7 Å². The maximum atomic E-state index is 13.2. The fourth-order valence-electron chi connectivity index (χ4n) is 2.82. The Morgan fingerprint density at radius 3 is 2.38 bits per heavy atom. The lowest BCUT2D eigenvalue weighted by molar-refractivity contribution is -0.125. The van der Waals surface area contributed by atoms with Crippen molar-refractivity contribution in [1.29, 1.82) is 0 Å². The van der Waals surface area contributed by atoms with Crippen LogP contribution in [0.1, 0.15) is 11.1 Å². The Hall–Kier alpha value is -2.60. The Bertz CT molecular complexity index is 1020. The van der Waals surface area contributed by atoms with Crippen LogP contribution in [-0.4, -0.2) is 40.2 Å². The molecular formula is C20H21N3O2S. The first-order valence-corrected chi connectivity index (χ1v) is 9.30. The molecule has 134 valence electrons. The molecule has 0 saturated carbocycles. The molecule has 0 spiro atoms. The molecule has 26 heavy (non-hydrogen) atoms. The van der Waals surface area contributed by atoms with Gasteiger partial charge in [-0.3, -0.25) is 14.2 Å². The van der Waals surface area contributed by atoms with Gasteiger partial charge in [0.25, 0.3) is 5.56 Å². The smallest absolute Gasteiger partial charge is 0.266 e. The summed E-state index contributed by atoms with van der Waals surface area (Å²) in [7, 11) is 3.44. The van der Waals surface area contributed by atoms with Crippen LogP contribution in [0.4, 0.5) is 0 Å². The van der Waals surface area contributed by atoms with Gasteiger partial charge in [-0.15, -0.1) is 0 Å². The third-order valence-corrected chi connectivity index (χ3v) is 5.15. The minimum atomic E-state index is -0.118. The first-order valence-electron chi connectivity index (χ1n) is 8.31. The van der Waals surface area contributed by atoms with Crippen LogP contribution in [0.15, 0.2) is 52.4 Å². The summed E-state index contributed by atoms with van der Waals surface area (Å²) in [6.45, 7) is 3.95. The number of para-hydroxylation sites is 2. The SMILES string of the molecule is Cc1cccc(C)c1-n1c(SCC(=O)N(C)C)nc2ccccc2c1=O. The van der Waals surface area contributed by atoms with Crippen molar-refractivity contribution >= 4 is 28.6 Å². The Kier molecular flexibility index (Phi) is 5.13. The molecule has 3 aromatic rings. The average Bonchev–Trinajstić information content (AvgIpc) is 2.61. The summed E-state index contributed by atoms with van der Waals surface area (Å²) in [6, 6.07) is 13.2. The summed E-state index contributed by atoms with van der Waals surface area (Å²) in [5.41, 5.74) is 3.33. The zero-order valence-electron chi connectivity index (χ0n) is 15.3. The van der Waals surface area contributed by atoms with Gasteiger partial charge in [0, 0.05) is 14.1 Å². The zero-order valence-corrected chi connectivity index (χ0v) is 16.1. The highest BCUT2D eigenvalue weighted by atomic mass is 32.2. The number of aryl methyl sites for hydroxylation is 2. The third-order valence-electron chi connectivity index (χ3n) is 4.23. The number of benzene rings is 2. The molecule has 0 fully saturated rings. The van der Waals surface area contributed by atoms with Gasteiger partial charge in [-0.1, -0.05) is 42.1 Å². The van der Waals surface area contributed by atoms with Crippen LogP contribution < -0.4 is 5.56 Å². The van der Waals surface area contributed by atoms with Gasteiger partial charge in [-0.25, -0.2) is 4.98 Å². The van der Waals surface area contributed by atoms with Gasteiger partial charge in [-0.05, 0) is 37.1 Å². The Labute approximate surface area is 156 Å². The molecule has 6 heteroatoms. The lowest BCUT2D eigenvalue weighted by atomic mass is 10.1. The van der Waals surface area contributed by atoms with Crippen LogP contribution in [0.3, 0.4) is 0 Å². The van der Waals surface area contributed by atoms with E-state index in [0.29, 0.717) is 16.1 Å². The number of aromatic nitrogens is 2. The van der Waals surface area contributed by atoms with Crippen LogP contribution in [0.5, 0.6) is 0 Å². The van der Waals surface area contributed by atoms with E-state index in [2.05, 4.69) is 4.98 Å². The minimum Gasteiger partial charge on any atom is -0.348 e. The topological polar surface area (TPSA) is 55.2 Å². The fourth-order valence-corrected chi connectivity index (χ4v) is 3.80. The zero-order chi connectivity index (χ0) is 18.8. The van der Waals surface area contributed by atoms with E-state index >= 15 is 0 Å². The lowest BCUT2D eigenvalue weighted by Gasteiger charge is -2.17. The molecular weight excluding hydrogens is 346 g/mol. The predicted octanol–water partition coefficient (Wildman–Crippen LogP) is 3.18. The number of amides is 1. The molecule has 0 N–H and O–H groups in total. The summed E-state index contributed by atoms with van der Waals surface area (Å²) in [6.07, 6.45) is 0. The van der Waals surface area contributed by atoms with Crippen molar-refractivity contribution in [3.8, 4) is 5.69 Å². The number of rotatable bonds is 4. The molecule has 5 nitrogen and oxygen atoms in total. The summed E-state index contributed by atoms with van der Waals surface area (Å²) in [5, 5.41) is 1.10. The summed E-state index contributed by atoms with van der Waals surface area (Å²) in [4.78, 5) is 31.5. The average molecular weight is 367 g/mol. The molecule has 2 aromatic carbocycles. The highest BCUT2D eigenvalue weighted by molar-refractivity contribution is 7.99. The maximum Gasteiger partial charge on any atom is 0.266 e. The molecule has 0 aliphatic carbocycles. The van der Waals surface area contributed by atoms with E-state index in [4.69, 9.17) is 0 Å². The van der Waals surface area contributed by atoms with Gasteiger partial charge >= 0.3 is 0 Å². The van der Waals surface area contributed by atoms with E-state index in [0.717, 1.165) is 16.8 Å². The second kappa shape index (κ2) is 7.33. The first kappa shape index (κ1) is 18.2. The Balaban J connectivity index is 2.25. The molecule has 1 heterocycles. The van der Waals surface area contributed by atoms with Gasteiger partial charge in [0.15, 0.2) is 5.16 Å². The van der Waals surface area contributed by atoms with Crippen LogP contribution in [0.2, 0.25) is 0 Å². The van der Waals surface area contributed by atoms with Crippen LogP contribution >= 0.6 is 11.8 Å². The molecule has 0 atom stereocenters. The molecule has 0 aliphatic heterocycles. The number of fused-ring (bicyclic) bond motifs is 1. The first-order chi connectivity index (χ1) is 12.4. The van der Waals surface area contributed by atoms with Crippen molar-refractivity contribution in [1.82, 2.24) is 14.5 Å². The predicted molar refractivity (Wildman–Crippen MR) is 106 cm³/mol. The Morgan fingerprint density at radius 2 is 1.73 bits per heavy atom. The molecule has 0 bridgehead atoms. The number of carbonyl (C=O) groups excluding carboxylic acids is 1. The molecule has 0 unspecified atom stereocenters. The van der Waals surface area contributed by atoms with E-state index < -0.39 is 0 Å². The summed E-state index contributed by atoms with van der Waals surface area (Å²) >= 11 is 1.29. The molecule has 1 aromatic heterocycles. The second-order valence-electron chi connectivity index (χ2n) is 6.37. The molecule has 0 radical (unpaired) electrons. The fraction of sp³-hybridized carbons (Fsp3) is 0.250. The Morgan fingerprint density at radius 1 is 1.08 bits per heavy atom. The van der Waals surface area contributed by atoms with Crippen LogP contribution in [0, 0.1) is 13.8 Å². The third kappa shape index (κ3) is 3.37. The van der Waals surface area contributed by atoms with Crippen molar-refractivity contribution in [2.24, 2.45) is 0 Å². The second-order valence-corrected chi connectivity index (χ2v) is 7.31. The molecule has 0 aliphatic rings. The van der Waals surface area contributed by atoms with Gasteiger partial charge in [0.05, 0.1) is 22.3 Å². The lowest BCUT2D eigenvalue weighted by Crippen LogP contribution is -2.26. The van der Waals surface area contributed by atoms with E-state index in [-0.39, 0.29) is 17.2 Å². The normalized spacial score (nSPS) is 10.9. The van der Waals surface area contributed by atoms with Gasteiger partial charge in [0.2, 0.25) is 5.91 Å². The van der Waals surface area contributed by atoms with Crippen molar-refractivity contribution in [2.45, 2.75) is 19.0 Å². The van der Waals surface area contributed by atoms with Crippen molar-refractivity contribution < 1.29 is 4.79 Å². The van der Waals surface area contributed by atoms with Crippen molar-refractivity contribution in [2.75, 3.05) is 19.8 Å². The maximum absolute atomic E-state index is 13.2.